The summed E-state index contributed by atoms with van der Waals surface area (Å²) in [4.78, 5) is 12.3. The first-order valence-electron chi connectivity index (χ1n) is 8.90. The SMILES string of the molecule is Cc1ccc(OCCCCNC(=O)[C@H]2COc3ccccc3C2)cc1. The lowest BCUT2D eigenvalue weighted by Gasteiger charge is -2.24. The lowest BCUT2D eigenvalue weighted by molar-refractivity contribution is -0.126. The van der Waals surface area contributed by atoms with E-state index in [1.807, 2.05) is 48.5 Å². The Morgan fingerprint density at radius 1 is 1.16 bits per heavy atom. The number of rotatable bonds is 7. The van der Waals surface area contributed by atoms with Crippen LogP contribution in [-0.2, 0) is 11.2 Å². The predicted octanol–water partition coefficient (Wildman–Crippen LogP) is 3.52. The van der Waals surface area contributed by atoms with Gasteiger partial charge in [-0.05, 0) is 49.9 Å². The minimum Gasteiger partial charge on any atom is -0.494 e. The molecule has 2 aromatic rings. The summed E-state index contributed by atoms with van der Waals surface area (Å²) in [6, 6.07) is 16.0. The first-order chi connectivity index (χ1) is 12.2. The predicted molar refractivity (Wildman–Crippen MR) is 98.0 cm³/mol. The van der Waals surface area contributed by atoms with E-state index in [2.05, 4.69) is 12.2 Å². The normalized spacial score (nSPS) is 15.8. The first kappa shape index (κ1) is 17.3. The third-order valence-corrected chi connectivity index (χ3v) is 4.41. The second-order valence-corrected chi connectivity index (χ2v) is 6.48. The molecule has 2 aromatic carbocycles. The van der Waals surface area contributed by atoms with E-state index in [1.165, 1.54) is 5.56 Å². The minimum absolute atomic E-state index is 0.0777. The number of benzene rings is 2. The molecule has 0 spiro atoms. The van der Waals surface area contributed by atoms with Crippen LogP contribution in [0.3, 0.4) is 0 Å². The number of hydrogen-bond donors (Lipinski definition) is 1. The molecule has 4 nitrogen and oxygen atoms in total. The number of aryl methyl sites for hydroxylation is 1. The molecular weight excluding hydrogens is 314 g/mol. The van der Waals surface area contributed by atoms with Gasteiger partial charge in [-0.25, -0.2) is 0 Å². The van der Waals surface area contributed by atoms with Crippen molar-refractivity contribution in [3.63, 3.8) is 0 Å². The molecule has 3 rings (SSSR count). The summed E-state index contributed by atoms with van der Waals surface area (Å²) in [5.41, 5.74) is 2.34. The van der Waals surface area contributed by atoms with Crippen molar-refractivity contribution in [2.45, 2.75) is 26.2 Å². The average Bonchev–Trinajstić information content (AvgIpc) is 2.65. The summed E-state index contributed by atoms with van der Waals surface area (Å²) in [6.45, 7) is 3.86. The minimum atomic E-state index is -0.0984. The molecular formula is C21H25NO3. The highest BCUT2D eigenvalue weighted by Crippen LogP contribution is 2.26. The lowest BCUT2D eigenvalue weighted by atomic mass is 9.96. The van der Waals surface area contributed by atoms with Crippen LogP contribution in [0.2, 0.25) is 0 Å². The third kappa shape index (κ3) is 4.99. The Hall–Kier alpha value is -2.49. The topological polar surface area (TPSA) is 47.6 Å². The van der Waals surface area contributed by atoms with E-state index in [4.69, 9.17) is 9.47 Å². The van der Waals surface area contributed by atoms with Crippen molar-refractivity contribution >= 4 is 5.91 Å². The van der Waals surface area contributed by atoms with Crippen molar-refractivity contribution in [1.29, 1.82) is 0 Å². The van der Waals surface area contributed by atoms with E-state index in [9.17, 15) is 4.79 Å². The van der Waals surface area contributed by atoms with E-state index >= 15 is 0 Å². The van der Waals surface area contributed by atoms with Crippen LogP contribution in [0.15, 0.2) is 48.5 Å². The molecule has 25 heavy (non-hydrogen) atoms. The Morgan fingerprint density at radius 3 is 2.80 bits per heavy atom. The van der Waals surface area contributed by atoms with Gasteiger partial charge >= 0.3 is 0 Å². The number of unbranched alkanes of at least 4 members (excludes halogenated alkanes) is 1. The molecule has 1 aliphatic heterocycles. The molecule has 4 heteroatoms. The first-order valence-corrected chi connectivity index (χ1v) is 8.90. The Kier molecular flexibility index (Phi) is 5.94. The number of carbonyl (C=O) groups is 1. The van der Waals surface area contributed by atoms with Crippen molar-refractivity contribution in [1.82, 2.24) is 5.32 Å². The Morgan fingerprint density at radius 2 is 1.96 bits per heavy atom. The van der Waals surface area contributed by atoms with E-state index in [0.29, 0.717) is 19.8 Å². The van der Waals surface area contributed by atoms with E-state index in [0.717, 1.165) is 36.3 Å². The average molecular weight is 339 g/mol. The Balaban J connectivity index is 1.31. The monoisotopic (exact) mass is 339 g/mol. The molecule has 132 valence electrons. The van der Waals surface area contributed by atoms with Crippen LogP contribution < -0.4 is 14.8 Å². The molecule has 0 fully saturated rings. The van der Waals surface area contributed by atoms with Gasteiger partial charge in [0, 0.05) is 6.54 Å². The molecule has 1 amide bonds. The number of hydrogen-bond acceptors (Lipinski definition) is 3. The van der Waals surface area contributed by atoms with E-state index in [1.54, 1.807) is 0 Å². The summed E-state index contributed by atoms with van der Waals surface area (Å²) in [7, 11) is 0. The molecule has 0 saturated heterocycles. The van der Waals surface area contributed by atoms with Crippen LogP contribution in [-0.4, -0.2) is 25.7 Å². The fourth-order valence-electron chi connectivity index (χ4n) is 2.90. The van der Waals surface area contributed by atoms with E-state index < -0.39 is 0 Å². The second kappa shape index (κ2) is 8.56. The number of amides is 1. The molecule has 0 aliphatic carbocycles. The third-order valence-electron chi connectivity index (χ3n) is 4.41. The quantitative estimate of drug-likeness (QED) is 0.785. The summed E-state index contributed by atoms with van der Waals surface area (Å²) < 4.78 is 11.4. The summed E-state index contributed by atoms with van der Waals surface area (Å²) >= 11 is 0. The molecule has 0 unspecified atom stereocenters. The van der Waals surface area contributed by atoms with Crippen LogP contribution in [0.4, 0.5) is 0 Å². The maximum Gasteiger partial charge on any atom is 0.226 e. The highest BCUT2D eigenvalue weighted by atomic mass is 16.5. The number of carbonyl (C=O) groups excluding carboxylic acids is 1. The van der Waals surface area contributed by atoms with Gasteiger partial charge < -0.3 is 14.8 Å². The van der Waals surface area contributed by atoms with Gasteiger partial charge in [-0.3, -0.25) is 4.79 Å². The fourth-order valence-corrected chi connectivity index (χ4v) is 2.90. The largest absolute Gasteiger partial charge is 0.494 e. The number of fused-ring (bicyclic) bond motifs is 1. The van der Waals surface area contributed by atoms with Gasteiger partial charge in [-0.1, -0.05) is 35.9 Å². The van der Waals surface area contributed by atoms with Crippen LogP contribution in [0.1, 0.15) is 24.0 Å². The van der Waals surface area contributed by atoms with Gasteiger partial charge in [0.25, 0.3) is 0 Å². The lowest BCUT2D eigenvalue weighted by Crippen LogP contribution is -2.37. The molecule has 0 saturated carbocycles. The van der Waals surface area contributed by atoms with E-state index in [-0.39, 0.29) is 11.8 Å². The Bertz CT molecular complexity index is 697. The Labute approximate surface area is 149 Å². The van der Waals surface area contributed by atoms with Gasteiger partial charge in [0.05, 0.1) is 12.5 Å². The van der Waals surface area contributed by atoms with Gasteiger partial charge in [0.15, 0.2) is 0 Å². The van der Waals surface area contributed by atoms with Crippen molar-refractivity contribution < 1.29 is 14.3 Å². The van der Waals surface area contributed by atoms with Gasteiger partial charge in [0.2, 0.25) is 5.91 Å². The summed E-state index contributed by atoms with van der Waals surface area (Å²) in [5.74, 6) is 1.78. The zero-order chi connectivity index (χ0) is 17.5. The molecule has 0 radical (unpaired) electrons. The summed E-state index contributed by atoms with van der Waals surface area (Å²) in [5, 5.41) is 3.01. The molecule has 0 aromatic heterocycles. The van der Waals surface area contributed by atoms with Crippen molar-refractivity contribution in [2.24, 2.45) is 5.92 Å². The standard InChI is InChI=1S/C21H25NO3/c1-16-8-10-19(11-9-16)24-13-5-4-12-22-21(23)18-14-17-6-2-3-7-20(17)25-15-18/h2-3,6-11,18H,4-5,12-15H2,1H3,(H,22,23)/t18-/m1/s1. The second-order valence-electron chi connectivity index (χ2n) is 6.48. The van der Waals surface area contributed by atoms with Gasteiger partial charge in [-0.15, -0.1) is 0 Å². The zero-order valence-electron chi connectivity index (χ0n) is 14.7. The van der Waals surface area contributed by atoms with Gasteiger partial charge in [0.1, 0.15) is 18.1 Å². The van der Waals surface area contributed by atoms with Crippen molar-refractivity contribution in [2.75, 3.05) is 19.8 Å². The zero-order valence-corrected chi connectivity index (χ0v) is 14.7. The highest BCUT2D eigenvalue weighted by Gasteiger charge is 2.25. The van der Waals surface area contributed by atoms with Crippen LogP contribution in [0.5, 0.6) is 11.5 Å². The summed E-state index contributed by atoms with van der Waals surface area (Å²) in [6.07, 6.45) is 2.57. The highest BCUT2D eigenvalue weighted by molar-refractivity contribution is 5.79. The molecule has 1 aliphatic rings. The fraction of sp³-hybridized carbons (Fsp3) is 0.381. The molecule has 0 bridgehead atoms. The maximum absolute atomic E-state index is 12.3. The van der Waals surface area contributed by atoms with Crippen LogP contribution >= 0.6 is 0 Å². The molecule has 1 heterocycles. The maximum atomic E-state index is 12.3. The number of para-hydroxylation sites is 1. The molecule has 1 atom stereocenters. The number of nitrogens with one attached hydrogen (secondary N) is 1. The van der Waals surface area contributed by atoms with Crippen molar-refractivity contribution in [3.8, 4) is 11.5 Å². The smallest absolute Gasteiger partial charge is 0.226 e. The van der Waals surface area contributed by atoms with Crippen LogP contribution in [0, 0.1) is 12.8 Å². The number of ether oxygens (including phenoxy) is 2. The van der Waals surface area contributed by atoms with Crippen molar-refractivity contribution in [3.05, 3.63) is 59.7 Å². The van der Waals surface area contributed by atoms with Crippen LogP contribution in [0.25, 0.3) is 0 Å². The van der Waals surface area contributed by atoms with Gasteiger partial charge in [-0.2, -0.15) is 0 Å². The molecule has 1 N–H and O–H groups in total.